The molecule has 3 rings (SSSR count). The smallest absolute Gasteiger partial charge is 0.251 e. The summed E-state index contributed by atoms with van der Waals surface area (Å²) in [6.45, 7) is 2.86. The Balaban J connectivity index is 1.61. The maximum atomic E-state index is 13.6. The normalized spacial score (nSPS) is 10.8. The summed E-state index contributed by atoms with van der Waals surface area (Å²) >= 11 is 0. The van der Waals surface area contributed by atoms with Crippen molar-refractivity contribution in [3.63, 3.8) is 0 Å². The number of furan rings is 1. The van der Waals surface area contributed by atoms with Crippen molar-refractivity contribution in [3.8, 4) is 5.75 Å². The Kier molecular flexibility index (Phi) is 5.33. The third kappa shape index (κ3) is 3.99. The first-order chi connectivity index (χ1) is 12.2. The molecule has 0 spiro atoms. The molecule has 1 N–H and O–H groups in total. The second kappa shape index (κ2) is 7.83. The number of rotatable bonds is 7. The second-order valence-electron chi connectivity index (χ2n) is 5.69. The van der Waals surface area contributed by atoms with E-state index in [0.29, 0.717) is 48.5 Å². The highest BCUT2D eigenvalue weighted by Crippen LogP contribution is 2.28. The number of carbonyl (C=O) groups excluding carboxylic acids is 1. The molecule has 0 bridgehead atoms. The van der Waals surface area contributed by atoms with Gasteiger partial charge in [-0.15, -0.1) is 0 Å². The van der Waals surface area contributed by atoms with Gasteiger partial charge in [-0.3, -0.25) is 4.79 Å². The molecule has 0 saturated carbocycles. The van der Waals surface area contributed by atoms with Gasteiger partial charge in [0.1, 0.15) is 17.1 Å². The molecule has 1 heterocycles. The molecule has 1 amide bonds. The standard InChI is InChI=1S/C20H20FNO3/c1-2-24-18-12-15(13-19-16(18)9-11-25-19)20(23)22-10-5-7-14-6-3-4-8-17(14)21/h3-4,6,8-9,11-13H,2,5,7,10H2,1H3,(H,22,23). The van der Waals surface area contributed by atoms with E-state index in [1.165, 1.54) is 6.07 Å². The molecule has 2 aromatic carbocycles. The van der Waals surface area contributed by atoms with Crippen molar-refractivity contribution < 1.29 is 18.3 Å². The lowest BCUT2D eigenvalue weighted by molar-refractivity contribution is 0.0953. The Morgan fingerprint density at radius 3 is 2.88 bits per heavy atom. The summed E-state index contributed by atoms with van der Waals surface area (Å²) in [7, 11) is 0. The molecular formula is C20H20FNO3. The first-order valence-corrected chi connectivity index (χ1v) is 8.34. The van der Waals surface area contributed by atoms with Crippen LogP contribution >= 0.6 is 0 Å². The molecule has 4 nitrogen and oxygen atoms in total. The topological polar surface area (TPSA) is 51.5 Å². The number of aryl methyl sites for hydroxylation is 1. The number of benzene rings is 2. The summed E-state index contributed by atoms with van der Waals surface area (Å²) in [5.74, 6) is 0.219. The van der Waals surface area contributed by atoms with E-state index in [1.807, 2.05) is 19.1 Å². The number of carbonyl (C=O) groups is 1. The van der Waals surface area contributed by atoms with Gasteiger partial charge in [0.15, 0.2) is 0 Å². The van der Waals surface area contributed by atoms with Crippen LogP contribution in [-0.2, 0) is 6.42 Å². The van der Waals surface area contributed by atoms with Crippen molar-refractivity contribution in [1.82, 2.24) is 5.32 Å². The van der Waals surface area contributed by atoms with Crippen molar-refractivity contribution in [2.24, 2.45) is 0 Å². The van der Waals surface area contributed by atoms with E-state index in [2.05, 4.69) is 5.32 Å². The van der Waals surface area contributed by atoms with Gasteiger partial charge in [0, 0.05) is 12.1 Å². The fraction of sp³-hybridized carbons (Fsp3) is 0.250. The summed E-state index contributed by atoms with van der Waals surface area (Å²) in [5, 5.41) is 3.70. The van der Waals surface area contributed by atoms with Crippen LogP contribution in [0.1, 0.15) is 29.3 Å². The Labute approximate surface area is 145 Å². The number of nitrogens with one attached hydrogen (secondary N) is 1. The van der Waals surface area contributed by atoms with Crippen LogP contribution in [0.3, 0.4) is 0 Å². The Bertz CT molecular complexity index is 872. The minimum absolute atomic E-state index is 0.201. The van der Waals surface area contributed by atoms with Crippen LogP contribution in [0.15, 0.2) is 53.1 Å². The minimum atomic E-state index is -0.210. The number of hydrogen-bond donors (Lipinski definition) is 1. The van der Waals surface area contributed by atoms with Gasteiger partial charge in [-0.25, -0.2) is 4.39 Å². The molecule has 0 atom stereocenters. The van der Waals surface area contributed by atoms with Gasteiger partial charge in [-0.05, 0) is 49.6 Å². The molecule has 0 unspecified atom stereocenters. The summed E-state index contributed by atoms with van der Waals surface area (Å²) in [6.07, 6.45) is 2.81. The largest absolute Gasteiger partial charge is 0.493 e. The highest BCUT2D eigenvalue weighted by molar-refractivity contribution is 5.99. The second-order valence-corrected chi connectivity index (χ2v) is 5.69. The number of amides is 1. The average Bonchev–Trinajstić information content (AvgIpc) is 3.09. The lowest BCUT2D eigenvalue weighted by atomic mass is 10.1. The quantitative estimate of drug-likeness (QED) is 0.651. The van der Waals surface area contributed by atoms with Gasteiger partial charge in [0.25, 0.3) is 5.91 Å². The van der Waals surface area contributed by atoms with Crippen LogP contribution in [0.5, 0.6) is 5.75 Å². The number of fused-ring (bicyclic) bond motifs is 1. The van der Waals surface area contributed by atoms with Crippen molar-refractivity contribution in [2.45, 2.75) is 19.8 Å². The Morgan fingerprint density at radius 2 is 2.08 bits per heavy atom. The van der Waals surface area contributed by atoms with Gasteiger partial charge >= 0.3 is 0 Å². The van der Waals surface area contributed by atoms with E-state index in [9.17, 15) is 9.18 Å². The van der Waals surface area contributed by atoms with E-state index in [1.54, 1.807) is 30.5 Å². The highest BCUT2D eigenvalue weighted by Gasteiger charge is 2.13. The molecule has 0 saturated heterocycles. The molecule has 5 heteroatoms. The van der Waals surface area contributed by atoms with Crippen molar-refractivity contribution in [3.05, 3.63) is 65.7 Å². The van der Waals surface area contributed by atoms with Crippen LogP contribution in [0.25, 0.3) is 11.0 Å². The van der Waals surface area contributed by atoms with E-state index < -0.39 is 0 Å². The highest BCUT2D eigenvalue weighted by atomic mass is 19.1. The van der Waals surface area contributed by atoms with Gasteiger partial charge < -0.3 is 14.5 Å². The van der Waals surface area contributed by atoms with E-state index >= 15 is 0 Å². The molecule has 3 aromatic rings. The molecular weight excluding hydrogens is 321 g/mol. The number of ether oxygens (including phenoxy) is 1. The van der Waals surface area contributed by atoms with E-state index in [4.69, 9.17) is 9.15 Å². The zero-order chi connectivity index (χ0) is 17.6. The monoisotopic (exact) mass is 341 g/mol. The van der Waals surface area contributed by atoms with Crippen LogP contribution in [0.2, 0.25) is 0 Å². The van der Waals surface area contributed by atoms with Crippen LogP contribution in [0.4, 0.5) is 4.39 Å². The Hall–Kier alpha value is -2.82. The molecule has 1 aromatic heterocycles. The maximum absolute atomic E-state index is 13.6. The van der Waals surface area contributed by atoms with Crippen LogP contribution < -0.4 is 10.1 Å². The predicted molar refractivity (Wildman–Crippen MR) is 94.4 cm³/mol. The van der Waals surface area contributed by atoms with Crippen LogP contribution in [-0.4, -0.2) is 19.1 Å². The SMILES string of the molecule is CCOc1cc(C(=O)NCCCc2ccccc2F)cc2occc12. The van der Waals surface area contributed by atoms with Crippen molar-refractivity contribution in [2.75, 3.05) is 13.2 Å². The summed E-state index contributed by atoms with van der Waals surface area (Å²) in [6, 6.07) is 11.9. The molecule has 130 valence electrons. The average molecular weight is 341 g/mol. The third-order valence-corrected chi connectivity index (χ3v) is 3.96. The van der Waals surface area contributed by atoms with Crippen LogP contribution in [0, 0.1) is 5.82 Å². The van der Waals surface area contributed by atoms with E-state index in [0.717, 1.165) is 5.39 Å². The maximum Gasteiger partial charge on any atom is 0.251 e. The lowest BCUT2D eigenvalue weighted by Gasteiger charge is -2.09. The lowest BCUT2D eigenvalue weighted by Crippen LogP contribution is -2.24. The van der Waals surface area contributed by atoms with Gasteiger partial charge in [0.05, 0.1) is 18.3 Å². The molecule has 0 fully saturated rings. The molecule has 0 aliphatic heterocycles. The fourth-order valence-electron chi connectivity index (χ4n) is 2.73. The first kappa shape index (κ1) is 17.0. The van der Waals surface area contributed by atoms with Gasteiger partial charge in [0.2, 0.25) is 0 Å². The summed E-state index contributed by atoms with van der Waals surface area (Å²) in [4.78, 5) is 12.4. The third-order valence-electron chi connectivity index (χ3n) is 3.96. The van der Waals surface area contributed by atoms with Crippen molar-refractivity contribution >= 4 is 16.9 Å². The molecule has 0 aliphatic carbocycles. The summed E-state index contributed by atoms with van der Waals surface area (Å²) in [5.41, 5.74) is 1.76. The fourth-order valence-corrected chi connectivity index (χ4v) is 2.73. The molecule has 0 radical (unpaired) electrons. The zero-order valence-corrected chi connectivity index (χ0v) is 14.0. The predicted octanol–water partition coefficient (Wildman–Crippen LogP) is 4.33. The minimum Gasteiger partial charge on any atom is -0.493 e. The van der Waals surface area contributed by atoms with E-state index in [-0.39, 0.29) is 11.7 Å². The van der Waals surface area contributed by atoms with Crippen molar-refractivity contribution in [1.29, 1.82) is 0 Å². The Morgan fingerprint density at radius 1 is 1.24 bits per heavy atom. The first-order valence-electron chi connectivity index (χ1n) is 8.34. The number of hydrogen-bond acceptors (Lipinski definition) is 3. The van der Waals surface area contributed by atoms with Gasteiger partial charge in [-0.1, -0.05) is 18.2 Å². The number of halogens is 1. The molecule has 25 heavy (non-hydrogen) atoms. The summed E-state index contributed by atoms with van der Waals surface area (Å²) < 4.78 is 24.5. The molecule has 0 aliphatic rings. The zero-order valence-electron chi connectivity index (χ0n) is 14.0. The van der Waals surface area contributed by atoms with Gasteiger partial charge in [-0.2, -0.15) is 0 Å².